The Bertz CT molecular complexity index is 1400. The lowest BCUT2D eigenvalue weighted by Gasteiger charge is -2.12. The maximum Gasteiger partial charge on any atom is 0.281 e. The Labute approximate surface area is 213 Å². The van der Waals surface area contributed by atoms with E-state index in [1.807, 2.05) is 6.07 Å². The average Bonchev–Trinajstić information content (AvgIpc) is 3.68. The van der Waals surface area contributed by atoms with Gasteiger partial charge < -0.3 is 29.0 Å². The van der Waals surface area contributed by atoms with Crippen LogP contribution in [0.1, 0.15) is 29.4 Å². The second-order valence-corrected chi connectivity index (χ2v) is 8.36. The Morgan fingerprint density at radius 2 is 1.81 bits per heavy atom. The summed E-state index contributed by atoms with van der Waals surface area (Å²) in [7, 11) is 4.74. The van der Waals surface area contributed by atoms with Crippen molar-refractivity contribution in [3.63, 3.8) is 0 Å². The number of nitrogens with one attached hydrogen (secondary N) is 1. The zero-order chi connectivity index (χ0) is 25.8. The summed E-state index contributed by atoms with van der Waals surface area (Å²) in [5, 5.41) is 7.97. The van der Waals surface area contributed by atoms with Crippen molar-refractivity contribution in [3.05, 3.63) is 54.6 Å². The highest BCUT2D eigenvalue weighted by Crippen LogP contribution is 2.37. The van der Waals surface area contributed by atoms with Crippen LogP contribution in [0.5, 0.6) is 28.7 Å². The molecular weight excluding hydrogens is 478 g/mol. The molecule has 3 aromatic heterocycles. The van der Waals surface area contributed by atoms with Crippen LogP contribution in [0.4, 0.5) is 5.82 Å². The Morgan fingerprint density at radius 3 is 2.51 bits per heavy atom. The summed E-state index contributed by atoms with van der Waals surface area (Å²) in [5.74, 6) is 2.57. The van der Waals surface area contributed by atoms with Crippen molar-refractivity contribution in [2.24, 2.45) is 0 Å². The van der Waals surface area contributed by atoms with Gasteiger partial charge in [0, 0.05) is 24.8 Å². The van der Waals surface area contributed by atoms with E-state index >= 15 is 0 Å². The number of aromatic nitrogens is 4. The molecule has 1 amide bonds. The number of carbonyl (C=O) groups excluding carboxylic acids is 1. The molecule has 4 aromatic rings. The minimum absolute atomic E-state index is 0.206. The highest BCUT2D eigenvalue weighted by molar-refractivity contribution is 6.04. The van der Waals surface area contributed by atoms with Gasteiger partial charge in [0.25, 0.3) is 5.91 Å². The van der Waals surface area contributed by atoms with E-state index in [-0.39, 0.29) is 5.69 Å². The predicted molar refractivity (Wildman–Crippen MR) is 135 cm³/mol. The Kier molecular flexibility index (Phi) is 7.04. The molecule has 5 rings (SSSR count). The van der Waals surface area contributed by atoms with Gasteiger partial charge in [0.15, 0.2) is 22.9 Å². The highest BCUT2D eigenvalue weighted by atomic mass is 16.5. The van der Waals surface area contributed by atoms with Crippen LogP contribution in [-0.2, 0) is 4.74 Å². The molecular formula is C26H27N5O6. The molecule has 37 heavy (non-hydrogen) atoms. The number of methoxy groups -OCH3 is 3. The van der Waals surface area contributed by atoms with Gasteiger partial charge in [-0.15, -0.1) is 0 Å². The smallest absolute Gasteiger partial charge is 0.281 e. The van der Waals surface area contributed by atoms with Crippen molar-refractivity contribution in [2.45, 2.75) is 18.9 Å². The van der Waals surface area contributed by atoms with Crippen LogP contribution in [0.15, 0.2) is 48.9 Å². The van der Waals surface area contributed by atoms with Crippen molar-refractivity contribution in [2.75, 3.05) is 39.9 Å². The topological polar surface area (TPSA) is 119 Å². The van der Waals surface area contributed by atoms with Crippen molar-refractivity contribution >= 4 is 22.6 Å². The zero-order valence-corrected chi connectivity index (χ0v) is 20.8. The summed E-state index contributed by atoms with van der Waals surface area (Å²) in [6, 6.07) is 9.04. The maximum absolute atomic E-state index is 13.0. The third kappa shape index (κ3) is 5.41. The molecule has 0 radical (unpaired) electrons. The van der Waals surface area contributed by atoms with Gasteiger partial charge in [-0.25, -0.2) is 4.98 Å². The number of hydrogen-bond acceptors (Lipinski definition) is 9. The van der Waals surface area contributed by atoms with Crippen molar-refractivity contribution in [3.8, 4) is 28.7 Å². The van der Waals surface area contributed by atoms with Crippen LogP contribution in [0.2, 0.25) is 0 Å². The summed E-state index contributed by atoms with van der Waals surface area (Å²) in [4.78, 5) is 21.7. The van der Waals surface area contributed by atoms with E-state index in [0.717, 1.165) is 18.2 Å². The molecule has 11 nitrogen and oxygen atoms in total. The highest BCUT2D eigenvalue weighted by Gasteiger charge is 2.28. The van der Waals surface area contributed by atoms with E-state index < -0.39 is 5.91 Å². The number of anilines is 1. The second kappa shape index (κ2) is 10.7. The third-order valence-electron chi connectivity index (χ3n) is 5.79. The lowest BCUT2D eigenvalue weighted by Crippen LogP contribution is -2.16. The molecule has 0 saturated heterocycles. The summed E-state index contributed by atoms with van der Waals surface area (Å²) in [5.41, 5.74) is 0.902. The average molecular weight is 506 g/mol. The first-order valence-electron chi connectivity index (χ1n) is 11.8. The van der Waals surface area contributed by atoms with E-state index in [4.69, 9.17) is 23.7 Å². The fourth-order valence-electron chi connectivity index (χ4n) is 3.75. The van der Waals surface area contributed by atoms with E-state index in [1.54, 1.807) is 62.7 Å². The number of fused-ring (bicyclic) bond motifs is 1. The summed E-state index contributed by atoms with van der Waals surface area (Å²) in [6.45, 7) is 0.728. The Morgan fingerprint density at radius 1 is 1.00 bits per heavy atom. The molecule has 1 aliphatic carbocycles. The van der Waals surface area contributed by atoms with Crippen LogP contribution < -0.4 is 24.3 Å². The van der Waals surface area contributed by atoms with Crippen LogP contribution in [0, 0.1) is 0 Å². The first kappa shape index (κ1) is 24.3. The van der Waals surface area contributed by atoms with Crippen LogP contribution >= 0.6 is 0 Å². The predicted octanol–water partition coefficient (Wildman–Crippen LogP) is 4.25. The van der Waals surface area contributed by atoms with Crippen molar-refractivity contribution in [1.82, 2.24) is 19.7 Å². The van der Waals surface area contributed by atoms with Gasteiger partial charge in [-0.2, -0.15) is 5.10 Å². The molecule has 0 bridgehead atoms. The molecule has 1 aromatic carbocycles. The first-order valence-corrected chi connectivity index (χ1v) is 11.8. The fourth-order valence-corrected chi connectivity index (χ4v) is 3.75. The number of amides is 1. The van der Waals surface area contributed by atoms with Crippen LogP contribution in [0.25, 0.3) is 10.9 Å². The zero-order valence-electron chi connectivity index (χ0n) is 20.8. The third-order valence-corrected chi connectivity index (χ3v) is 5.79. The molecule has 0 aliphatic heterocycles. The number of hydrogen-bond donors (Lipinski definition) is 1. The molecule has 0 atom stereocenters. The largest absolute Gasteiger partial charge is 0.493 e. The number of pyridine rings is 2. The lowest BCUT2D eigenvalue weighted by molar-refractivity contribution is 0.101. The number of ether oxygens (including phenoxy) is 5. The number of carbonyl (C=O) groups is 1. The lowest BCUT2D eigenvalue weighted by atomic mass is 10.2. The van der Waals surface area contributed by atoms with E-state index in [0.29, 0.717) is 59.3 Å². The molecule has 0 spiro atoms. The molecule has 11 heteroatoms. The SMILES string of the molecule is COCCOc1cn(C2CC2)nc1C(=O)Nc1ccc(Oc2ccnc3cc(OC)c(OC)cc23)cn1. The first-order chi connectivity index (χ1) is 18.1. The van der Waals surface area contributed by atoms with Gasteiger partial charge in [0.2, 0.25) is 0 Å². The molecule has 3 heterocycles. The summed E-state index contributed by atoms with van der Waals surface area (Å²) in [6.07, 6.45) is 7.02. The standard InChI is InChI=1S/C26H27N5O6/c1-33-10-11-36-23-15-31(16-4-5-16)30-25(23)26(32)29-24-7-6-17(14-28-24)37-20-8-9-27-19-13-22(35-3)21(34-2)12-18(19)20/h6-9,12-16H,4-5,10-11H2,1-3H3,(H,28,29,32). The number of rotatable bonds is 11. The van der Waals surface area contributed by atoms with E-state index in [9.17, 15) is 4.79 Å². The van der Waals surface area contributed by atoms with Gasteiger partial charge in [-0.05, 0) is 37.1 Å². The summed E-state index contributed by atoms with van der Waals surface area (Å²) < 4.78 is 29.4. The minimum Gasteiger partial charge on any atom is -0.493 e. The molecule has 1 fully saturated rings. The van der Waals surface area contributed by atoms with Crippen LogP contribution in [0.3, 0.4) is 0 Å². The van der Waals surface area contributed by atoms with Gasteiger partial charge >= 0.3 is 0 Å². The Balaban J connectivity index is 1.31. The van der Waals surface area contributed by atoms with E-state index in [1.165, 1.54) is 6.20 Å². The van der Waals surface area contributed by atoms with Gasteiger partial charge in [-0.1, -0.05) is 0 Å². The van der Waals surface area contributed by atoms with Gasteiger partial charge in [0.1, 0.15) is 23.9 Å². The fraction of sp³-hybridized carbons (Fsp3) is 0.308. The normalized spacial score (nSPS) is 12.8. The summed E-state index contributed by atoms with van der Waals surface area (Å²) >= 11 is 0. The molecule has 1 aliphatic rings. The molecule has 0 unspecified atom stereocenters. The van der Waals surface area contributed by atoms with Crippen molar-refractivity contribution < 1.29 is 28.5 Å². The molecule has 1 saturated carbocycles. The number of benzene rings is 1. The maximum atomic E-state index is 13.0. The number of nitrogens with zero attached hydrogens (tertiary/aromatic N) is 4. The van der Waals surface area contributed by atoms with Gasteiger partial charge in [0.05, 0.1) is 44.8 Å². The monoisotopic (exact) mass is 505 g/mol. The molecule has 192 valence electrons. The van der Waals surface area contributed by atoms with E-state index in [2.05, 4.69) is 20.4 Å². The molecule has 1 N–H and O–H groups in total. The van der Waals surface area contributed by atoms with Gasteiger partial charge in [-0.3, -0.25) is 14.5 Å². The van der Waals surface area contributed by atoms with Crippen LogP contribution in [-0.4, -0.2) is 60.2 Å². The Hall–Kier alpha value is -4.38. The quantitative estimate of drug-likeness (QED) is 0.298. The minimum atomic E-state index is -0.408. The second-order valence-electron chi connectivity index (χ2n) is 8.36. The van der Waals surface area contributed by atoms with Crippen molar-refractivity contribution in [1.29, 1.82) is 0 Å².